The van der Waals surface area contributed by atoms with Gasteiger partial charge in [0.2, 0.25) is 0 Å². The second kappa shape index (κ2) is 19.6. The Morgan fingerprint density at radius 1 is 0.576 bits per heavy atom. The summed E-state index contributed by atoms with van der Waals surface area (Å²) in [6, 6.07) is 0. The molecule has 4 unspecified atom stereocenters. The van der Waals surface area contributed by atoms with Crippen molar-refractivity contribution >= 4 is 23.7 Å². The number of carboxylic acids is 2. The summed E-state index contributed by atoms with van der Waals surface area (Å²) in [5.74, 6) is -1.44. The zero-order chi connectivity index (χ0) is 25.2. The SMILES string of the molecule is CCCCCC(CCCC(C(=O)O)C(C)C)SC(CCCCC)CCCC(C(=O)O)C(C)C. The van der Waals surface area contributed by atoms with Gasteiger partial charge >= 0.3 is 11.9 Å². The van der Waals surface area contributed by atoms with Gasteiger partial charge < -0.3 is 10.2 Å². The first kappa shape index (κ1) is 32.3. The monoisotopic (exact) mass is 486 g/mol. The molecule has 196 valence electrons. The van der Waals surface area contributed by atoms with Crippen LogP contribution < -0.4 is 0 Å². The second-order valence-electron chi connectivity index (χ2n) is 10.6. The van der Waals surface area contributed by atoms with Gasteiger partial charge in [0, 0.05) is 10.5 Å². The molecule has 0 aliphatic rings. The highest BCUT2D eigenvalue weighted by atomic mass is 32.2. The highest BCUT2D eigenvalue weighted by Gasteiger charge is 2.24. The summed E-state index contributed by atoms with van der Waals surface area (Å²) >= 11 is 2.13. The second-order valence-corrected chi connectivity index (χ2v) is 12.2. The third-order valence-corrected chi connectivity index (χ3v) is 8.68. The fraction of sp³-hybridized carbons (Fsp3) is 0.929. The van der Waals surface area contributed by atoms with Crippen LogP contribution in [0.5, 0.6) is 0 Å². The molecule has 4 nitrogen and oxygen atoms in total. The largest absolute Gasteiger partial charge is 0.481 e. The zero-order valence-corrected chi connectivity index (χ0v) is 23.3. The van der Waals surface area contributed by atoms with Gasteiger partial charge in [-0.05, 0) is 50.4 Å². The van der Waals surface area contributed by atoms with E-state index in [1.165, 1.54) is 51.4 Å². The molecule has 0 fully saturated rings. The molecule has 0 bridgehead atoms. The lowest BCUT2D eigenvalue weighted by molar-refractivity contribution is -0.144. The average molecular weight is 487 g/mol. The summed E-state index contributed by atoms with van der Waals surface area (Å²) in [6.07, 6.45) is 15.6. The lowest BCUT2D eigenvalue weighted by atomic mass is 9.90. The van der Waals surface area contributed by atoms with Crippen molar-refractivity contribution in [2.75, 3.05) is 0 Å². The quantitative estimate of drug-likeness (QED) is 0.150. The summed E-state index contributed by atoms with van der Waals surface area (Å²) in [5.41, 5.74) is 0. The minimum absolute atomic E-state index is 0.179. The van der Waals surface area contributed by atoms with Gasteiger partial charge in [0.05, 0.1) is 11.8 Å². The molecule has 0 rings (SSSR count). The Morgan fingerprint density at radius 3 is 1.18 bits per heavy atom. The van der Waals surface area contributed by atoms with Crippen LogP contribution in [0.25, 0.3) is 0 Å². The van der Waals surface area contributed by atoms with Crippen molar-refractivity contribution in [1.82, 2.24) is 0 Å². The van der Waals surface area contributed by atoms with Crippen LogP contribution in [0.3, 0.4) is 0 Å². The molecule has 5 heteroatoms. The molecular formula is C28H54O4S. The minimum atomic E-state index is -0.657. The van der Waals surface area contributed by atoms with E-state index < -0.39 is 11.9 Å². The molecule has 0 saturated heterocycles. The van der Waals surface area contributed by atoms with Crippen molar-refractivity contribution in [3.8, 4) is 0 Å². The molecule has 0 aromatic rings. The molecule has 0 aliphatic carbocycles. The summed E-state index contributed by atoms with van der Waals surface area (Å²) < 4.78 is 0. The predicted octanol–water partition coefficient (Wildman–Crippen LogP) is 8.67. The van der Waals surface area contributed by atoms with Crippen LogP contribution in [0, 0.1) is 23.7 Å². The number of thioether (sulfide) groups is 1. The lowest BCUT2D eigenvalue weighted by Crippen LogP contribution is -2.21. The van der Waals surface area contributed by atoms with Crippen LogP contribution in [-0.2, 0) is 9.59 Å². The van der Waals surface area contributed by atoms with Crippen molar-refractivity contribution in [3.63, 3.8) is 0 Å². The summed E-state index contributed by atoms with van der Waals surface area (Å²) in [4.78, 5) is 23.1. The van der Waals surface area contributed by atoms with Crippen molar-refractivity contribution < 1.29 is 19.8 Å². The van der Waals surface area contributed by atoms with E-state index in [1.807, 2.05) is 27.7 Å². The van der Waals surface area contributed by atoms with Gasteiger partial charge in [-0.15, -0.1) is 0 Å². The van der Waals surface area contributed by atoms with E-state index in [0.717, 1.165) is 38.5 Å². The number of hydrogen-bond donors (Lipinski definition) is 2. The zero-order valence-electron chi connectivity index (χ0n) is 22.5. The Bertz CT molecular complexity index is 462. The van der Waals surface area contributed by atoms with E-state index in [9.17, 15) is 19.8 Å². The molecular weight excluding hydrogens is 432 g/mol. The lowest BCUT2D eigenvalue weighted by Gasteiger charge is -2.25. The number of unbranched alkanes of at least 4 members (excludes halogenated alkanes) is 4. The Hall–Kier alpha value is -0.710. The van der Waals surface area contributed by atoms with E-state index in [-0.39, 0.29) is 23.7 Å². The highest BCUT2D eigenvalue weighted by Crippen LogP contribution is 2.34. The summed E-state index contributed by atoms with van der Waals surface area (Å²) in [6.45, 7) is 12.5. The Morgan fingerprint density at radius 2 is 0.909 bits per heavy atom. The normalized spacial score (nSPS) is 15.5. The Labute approximate surface area is 209 Å². The van der Waals surface area contributed by atoms with E-state index in [0.29, 0.717) is 10.5 Å². The molecule has 4 atom stereocenters. The van der Waals surface area contributed by atoms with Gasteiger partial charge in [0.25, 0.3) is 0 Å². The molecule has 0 spiro atoms. The third kappa shape index (κ3) is 15.7. The van der Waals surface area contributed by atoms with Gasteiger partial charge in [-0.3, -0.25) is 9.59 Å². The fourth-order valence-electron chi connectivity index (χ4n) is 4.69. The summed E-state index contributed by atoms with van der Waals surface area (Å²) in [5, 5.41) is 20.2. The number of carbonyl (C=O) groups is 2. The van der Waals surface area contributed by atoms with Crippen molar-refractivity contribution in [1.29, 1.82) is 0 Å². The maximum absolute atomic E-state index is 11.6. The van der Waals surface area contributed by atoms with Crippen LogP contribution in [0.1, 0.15) is 131 Å². The van der Waals surface area contributed by atoms with Gasteiger partial charge in [0.1, 0.15) is 0 Å². The van der Waals surface area contributed by atoms with Crippen LogP contribution in [0.2, 0.25) is 0 Å². The molecule has 33 heavy (non-hydrogen) atoms. The molecule has 0 aromatic carbocycles. The van der Waals surface area contributed by atoms with E-state index in [1.54, 1.807) is 0 Å². The maximum Gasteiger partial charge on any atom is 0.306 e. The number of carboxylic acid groups (broad SMARTS) is 2. The number of hydrogen-bond acceptors (Lipinski definition) is 3. The van der Waals surface area contributed by atoms with Crippen molar-refractivity contribution in [3.05, 3.63) is 0 Å². The molecule has 2 N–H and O–H groups in total. The number of aliphatic carboxylic acids is 2. The van der Waals surface area contributed by atoms with E-state index >= 15 is 0 Å². The van der Waals surface area contributed by atoms with Crippen LogP contribution in [-0.4, -0.2) is 32.7 Å². The standard InChI is InChI=1S/C28H54O4S/c1-7-9-11-15-23(17-13-19-25(21(3)4)27(29)30)33-24(16-12-10-8-2)18-14-20-26(22(5)6)28(31)32/h21-26H,7-20H2,1-6H3,(H,29,30)(H,31,32). The topological polar surface area (TPSA) is 74.6 Å². The number of rotatable bonds is 22. The van der Waals surface area contributed by atoms with E-state index in [4.69, 9.17) is 0 Å². The minimum Gasteiger partial charge on any atom is -0.481 e. The van der Waals surface area contributed by atoms with Gasteiger partial charge in [-0.25, -0.2) is 0 Å². The molecule has 0 aliphatic heterocycles. The van der Waals surface area contributed by atoms with Gasteiger partial charge in [0.15, 0.2) is 0 Å². The van der Waals surface area contributed by atoms with Crippen LogP contribution in [0.15, 0.2) is 0 Å². The Kier molecular flexibility index (Phi) is 19.2. The first-order valence-corrected chi connectivity index (χ1v) is 14.7. The maximum atomic E-state index is 11.6. The van der Waals surface area contributed by atoms with Crippen molar-refractivity contribution in [2.45, 2.75) is 142 Å². The summed E-state index contributed by atoms with van der Waals surface area (Å²) in [7, 11) is 0. The first-order valence-electron chi connectivity index (χ1n) is 13.7. The molecule has 0 amide bonds. The van der Waals surface area contributed by atoms with Gasteiger partial charge in [-0.2, -0.15) is 11.8 Å². The molecule has 0 heterocycles. The first-order chi connectivity index (χ1) is 15.6. The van der Waals surface area contributed by atoms with E-state index in [2.05, 4.69) is 25.6 Å². The average Bonchev–Trinajstić information content (AvgIpc) is 2.72. The van der Waals surface area contributed by atoms with Crippen LogP contribution >= 0.6 is 11.8 Å². The predicted molar refractivity (Wildman–Crippen MR) is 143 cm³/mol. The van der Waals surface area contributed by atoms with Crippen LogP contribution in [0.4, 0.5) is 0 Å². The Balaban J connectivity index is 4.99. The molecule has 0 saturated carbocycles. The molecule has 0 aromatic heterocycles. The highest BCUT2D eigenvalue weighted by molar-refractivity contribution is 8.00. The smallest absolute Gasteiger partial charge is 0.306 e. The fourth-order valence-corrected chi connectivity index (χ4v) is 6.45. The molecule has 0 radical (unpaired) electrons. The van der Waals surface area contributed by atoms with Gasteiger partial charge in [-0.1, -0.05) is 92.9 Å². The third-order valence-electron chi connectivity index (χ3n) is 6.97. The van der Waals surface area contributed by atoms with Crippen molar-refractivity contribution in [2.24, 2.45) is 23.7 Å².